The Morgan fingerprint density at radius 2 is 1.54 bits per heavy atom. The van der Waals surface area contributed by atoms with Crippen molar-refractivity contribution in [2.75, 3.05) is 20.8 Å². The molecule has 0 radical (unpaired) electrons. The lowest BCUT2D eigenvalue weighted by Crippen LogP contribution is -2.66. The minimum absolute atomic E-state index is 0.0939. The molecule has 194 valence electrons. The summed E-state index contributed by atoms with van der Waals surface area (Å²) in [5, 5.41) is 2.40. The monoisotopic (exact) mass is 516 g/mol. The molecule has 4 rings (SSSR count). The number of ether oxygens (including phenoxy) is 3. The number of carbonyl (C=O) groups excluding carboxylic acids is 1. The molecule has 1 aliphatic rings. The van der Waals surface area contributed by atoms with Gasteiger partial charge in [-0.2, -0.15) is 0 Å². The van der Waals surface area contributed by atoms with Gasteiger partial charge < -0.3 is 18.6 Å². The topological polar surface area (TPSA) is 54.0 Å². The molecule has 0 bridgehead atoms. The molecule has 0 saturated carbocycles. The van der Waals surface area contributed by atoms with Crippen molar-refractivity contribution in [1.82, 2.24) is 0 Å². The van der Waals surface area contributed by atoms with Crippen molar-refractivity contribution in [3.8, 4) is 11.5 Å². The smallest absolute Gasteiger partial charge is 0.339 e. The number of hydrogen-bond donors (Lipinski definition) is 0. The van der Waals surface area contributed by atoms with Crippen LogP contribution in [0.25, 0.3) is 0 Å². The number of benzene rings is 3. The molecule has 3 aromatic carbocycles. The summed E-state index contributed by atoms with van der Waals surface area (Å²) in [6.07, 6.45) is 0.724. The zero-order valence-electron chi connectivity index (χ0n) is 22.4. The third kappa shape index (κ3) is 5.22. The largest absolute Gasteiger partial charge is 0.497 e. The van der Waals surface area contributed by atoms with Crippen LogP contribution in [0.4, 0.5) is 0 Å². The van der Waals surface area contributed by atoms with Gasteiger partial charge in [0, 0.05) is 24.7 Å². The van der Waals surface area contributed by atoms with Gasteiger partial charge >= 0.3 is 5.97 Å². The van der Waals surface area contributed by atoms with Crippen molar-refractivity contribution >= 4 is 24.7 Å². The van der Waals surface area contributed by atoms with Gasteiger partial charge in [-0.15, -0.1) is 0 Å². The Morgan fingerprint density at radius 3 is 2.05 bits per heavy atom. The van der Waals surface area contributed by atoms with E-state index in [1.807, 2.05) is 12.1 Å². The molecule has 3 aromatic rings. The highest BCUT2D eigenvalue weighted by molar-refractivity contribution is 6.99. The highest BCUT2D eigenvalue weighted by Crippen LogP contribution is 2.43. The van der Waals surface area contributed by atoms with Gasteiger partial charge in [-0.1, -0.05) is 93.6 Å². The summed E-state index contributed by atoms with van der Waals surface area (Å²) >= 11 is 0. The van der Waals surface area contributed by atoms with Crippen LogP contribution in [0.3, 0.4) is 0 Å². The Morgan fingerprint density at radius 1 is 0.946 bits per heavy atom. The van der Waals surface area contributed by atoms with Crippen molar-refractivity contribution in [2.45, 2.75) is 44.8 Å². The minimum atomic E-state index is -2.61. The molecular weight excluding hydrogens is 480 g/mol. The minimum Gasteiger partial charge on any atom is -0.497 e. The molecule has 37 heavy (non-hydrogen) atoms. The van der Waals surface area contributed by atoms with Crippen LogP contribution in [0.15, 0.2) is 84.9 Å². The summed E-state index contributed by atoms with van der Waals surface area (Å²) in [5.41, 5.74) is 2.20. The van der Waals surface area contributed by atoms with E-state index < -0.39 is 14.4 Å². The standard InChI is InChI=1S/C31H36O5Si/c1-22(19-28-29-26(30(32)36-28)20-23(33-5)21-27(29)34-6)17-18-35-37(31(2,3)4,24-13-9-7-10-14-24)25-15-11-8-12-16-25/h7-16,20-21,28H,1,17-19H2,2-6H3. The number of esters is 1. The van der Waals surface area contributed by atoms with Crippen molar-refractivity contribution < 1.29 is 23.4 Å². The zero-order valence-corrected chi connectivity index (χ0v) is 23.4. The molecule has 1 atom stereocenters. The van der Waals surface area contributed by atoms with Crippen molar-refractivity contribution in [2.24, 2.45) is 0 Å². The summed E-state index contributed by atoms with van der Waals surface area (Å²) in [6.45, 7) is 11.6. The van der Waals surface area contributed by atoms with Crippen LogP contribution in [0, 0.1) is 0 Å². The van der Waals surface area contributed by atoms with E-state index in [9.17, 15) is 4.79 Å². The molecule has 5 nitrogen and oxygen atoms in total. The maximum Gasteiger partial charge on any atom is 0.339 e. The SMILES string of the molecule is C=C(CCO[Si](c1ccccc1)(c1ccccc1)C(C)(C)C)CC1OC(=O)c2cc(OC)cc(OC)c21. The molecule has 0 aromatic heterocycles. The summed E-state index contributed by atoms with van der Waals surface area (Å²) in [7, 11) is 0.532. The predicted octanol–water partition coefficient (Wildman–Crippen LogP) is 5.83. The van der Waals surface area contributed by atoms with E-state index >= 15 is 0 Å². The van der Waals surface area contributed by atoms with Gasteiger partial charge in [-0.25, -0.2) is 4.79 Å². The fourth-order valence-electron chi connectivity index (χ4n) is 5.26. The van der Waals surface area contributed by atoms with Crippen molar-refractivity contribution in [3.05, 3.63) is 96.1 Å². The Hall–Kier alpha value is -3.35. The van der Waals surface area contributed by atoms with Gasteiger partial charge in [0.25, 0.3) is 8.32 Å². The quantitative estimate of drug-likeness (QED) is 0.193. The lowest BCUT2D eigenvalue weighted by molar-refractivity contribution is 0.0383. The Labute approximate surface area is 221 Å². The first-order valence-corrected chi connectivity index (χ1v) is 14.5. The van der Waals surface area contributed by atoms with Gasteiger partial charge in [0.2, 0.25) is 0 Å². The average Bonchev–Trinajstić information content (AvgIpc) is 3.21. The molecule has 1 aliphatic heterocycles. The normalized spacial score (nSPS) is 15.2. The third-order valence-electron chi connectivity index (χ3n) is 7.03. The van der Waals surface area contributed by atoms with E-state index in [2.05, 4.69) is 75.9 Å². The predicted molar refractivity (Wildman–Crippen MR) is 150 cm³/mol. The fraction of sp³-hybridized carbons (Fsp3) is 0.323. The second-order valence-electron chi connectivity index (χ2n) is 10.4. The van der Waals surface area contributed by atoms with Crippen molar-refractivity contribution in [3.63, 3.8) is 0 Å². The van der Waals surface area contributed by atoms with E-state index in [0.29, 0.717) is 36.5 Å². The lowest BCUT2D eigenvalue weighted by Gasteiger charge is -2.43. The molecule has 0 amide bonds. The number of methoxy groups -OCH3 is 2. The number of carbonyl (C=O) groups is 1. The van der Waals surface area contributed by atoms with E-state index in [1.54, 1.807) is 26.4 Å². The van der Waals surface area contributed by atoms with E-state index in [-0.39, 0.29) is 11.0 Å². The van der Waals surface area contributed by atoms with Gasteiger partial charge in [0.1, 0.15) is 17.6 Å². The molecule has 0 N–H and O–H groups in total. The van der Waals surface area contributed by atoms with Gasteiger partial charge in [0.15, 0.2) is 0 Å². The van der Waals surface area contributed by atoms with Crippen LogP contribution in [0.1, 0.15) is 55.6 Å². The Kier molecular flexibility index (Phi) is 7.90. The first kappa shape index (κ1) is 26.7. The van der Waals surface area contributed by atoms with Crippen molar-refractivity contribution in [1.29, 1.82) is 0 Å². The zero-order chi connectivity index (χ0) is 26.6. The summed E-state index contributed by atoms with van der Waals surface area (Å²) in [6, 6.07) is 24.7. The van der Waals surface area contributed by atoms with E-state index in [1.165, 1.54) is 10.4 Å². The highest BCUT2D eigenvalue weighted by Gasteiger charge is 2.50. The fourth-order valence-corrected chi connectivity index (χ4v) is 9.82. The van der Waals surface area contributed by atoms with Crippen LogP contribution >= 0.6 is 0 Å². The number of fused-ring (bicyclic) bond motifs is 1. The molecule has 0 aliphatic carbocycles. The average molecular weight is 517 g/mol. The number of hydrogen-bond acceptors (Lipinski definition) is 5. The first-order chi connectivity index (χ1) is 17.7. The lowest BCUT2D eigenvalue weighted by atomic mass is 9.97. The highest BCUT2D eigenvalue weighted by atomic mass is 28.4. The Balaban J connectivity index is 1.54. The van der Waals surface area contributed by atoms with E-state index in [4.69, 9.17) is 18.6 Å². The molecule has 1 heterocycles. The van der Waals surface area contributed by atoms with Crippen LogP contribution in [-0.4, -0.2) is 35.1 Å². The maximum absolute atomic E-state index is 12.6. The van der Waals surface area contributed by atoms with Crippen LogP contribution in [0.2, 0.25) is 5.04 Å². The van der Waals surface area contributed by atoms with Gasteiger partial charge in [-0.05, 0) is 27.9 Å². The molecule has 0 spiro atoms. The van der Waals surface area contributed by atoms with Crippen LogP contribution in [0.5, 0.6) is 11.5 Å². The van der Waals surface area contributed by atoms with Gasteiger partial charge in [0.05, 0.1) is 19.8 Å². The summed E-state index contributed by atoms with van der Waals surface area (Å²) in [5.74, 6) is 0.779. The molecule has 1 unspecified atom stereocenters. The summed E-state index contributed by atoms with van der Waals surface area (Å²) < 4.78 is 23.6. The summed E-state index contributed by atoms with van der Waals surface area (Å²) in [4.78, 5) is 12.6. The maximum atomic E-state index is 12.6. The number of cyclic esters (lactones) is 1. The number of rotatable bonds is 10. The van der Waals surface area contributed by atoms with Gasteiger partial charge in [-0.3, -0.25) is 0 Å². The molecule has 0 saturated heterocycles. The molecule has 6 heteroatoms. The molecular formula is C31H36O5Si. The first-order valence-electron chi connectivity index (χ1n) is 12.6. The second-order valence-corrected chi connectivity index (χ2v) is 14.7. The second kappa shape index (κ2) is 10.9. The third-order valence-corrected chi connectivity index (χ3v) is 12.1. The van der Waals surface area contributed by atoms with Crippen LogP contribution in [-0.2, 0) is 9.16 Å². The Bertz CT molecular complexity index is 1210. The van der Waals surface area contributed by atoms with Crippen LogP contribution < -0.4 is 19.8 Å². The van der Waals surface area contributed by atoms with E-state index in [0.717, 1.165) is 11.1 Å². The molecule has 0 fully saturated rings.